The Balaban J connectivity index is 3.02. The highest BCUT2D eigenvalue weighted by molar-refractivity contribution is 6.01. The molecule has 1 N–H and O–H groups in total. The molecule has 8 heteroatoms. The van der Waals surface area contributed by atoms with Gasteiger partial charge in [-0.2, -0.15) is 0 Å². The Labute approximate surface area is 122 Å². The van der Waals surface area contributed by atoms with E-state index in [0.29, 0.717) is 5.69 Å². The molecule has 0 saturated heterocycles. The molecule has 0 spiro atoms. The number of hydrogen-bond donors (Lipinski definition) is 1. The van der Waals surface area contributed by atoms with Crippen LogP contribution in [0.1, 0.15) is 10.4 Å². The van der Waals surface area contributed by atoms with Gasteiger partial charge in [-0.1, -0.05) is 0 Å². The molecule has 21 heavy (non-hydrogen) atoms. The third kappa shape index (κ3) is 4.16. The summed E-state index contributed by atoms with van der Waals surface area (Å²) in [6, 6.07) is 4.03. The largest absolute Gasteiger partial charge is 0.377 e. The zero-order valence-corrected chi connectivity index (χ0v) is 12.4. The lowest BCUT2D eigenvalue weighted by atomic mass is 10.1. The average Bonchev–Trinajstić information content (AvgIpc) is 2.43. The minimum Gasteiger partial charge on any atom is -0.377 e. The maximum atomic E-state index is 12.1. The molecule has 0 aromatic heterocycles. The molecule has 0 radical (unpaired) electrons. The standard InChI is InChI=1S/C13H18N4O4/c1-15(2)11-6-5-9(17(20)21)7-10(11)13(19)14-8-12(18)16(3)4/h5-7H,8H2,1-4H3,(H,14,19). The van der Waals surface area contributed by atoms with E-state index in [1.54, 1.807) is 33.1 Å². The topological polar surface area (TPSA) is 95.8 Å². The van der Waals surface area contributed by atoms with Crippen molar-refractivity contribution in [1.82, 2.24) is 10.2 Å². The predicted octanol–water partition coefficient (Wildman–Crippen LogP) is 0.479. The van der Waals surface area contributed by atoms with Crippen molar-refractivity contribution in [3.8, 4) is 0 Å². The molecule has 8 nitrogen and oxygen atoms in total. The Morgan fingerprint density at radius 3 is 2.33 bits per heavy atom. The van der Waals surface area contributed by atoms with Crippen molar-refractivity contribution in [1.29, 1.82) is 0 Å². The Morgan fingerprint density at radius 1 is 1.24 bits per heavy atom. The molecule has 2 amide bonds. The van der Waals surface area contributed by atoms with Crippen LogP contribution in [-0.4, -0.2) is 56.4 Å². The lowest BCUT2D eigenvalue weighted by Gasteiger charge is -2.17. The molecule has 0 bridgehead atoms. The van der Waals surface area contributed by atoms with Crippen molar-refractivity contribution in [3.63, 3.8) is 0 Å². The maximum Gasteiger partial charge on any atom is 0.270 e. The van der Waals surface area contributed by atoms with E-state index in [0.717, 1.165) is 0 Å². The van der Waals surface area contributed by atoms with E-state index in [2.05, 4.69) is 5.32 Å². The summed E-state index contributed by atoms with van der Waals surface area (Å²) < 4.78 is 0. The minimum atomic E-state index is -0.568. The van der Waals surface area contributed by atoms with Crippen molar-refractivity contribution in [3.05, 3.63) is 33.9 Å². The number of non-ortho nitro benzene ring substituents is 1. The molecule has 0 fully saturated rings. The molecule has 1 aromatic carbocycles. The molecule has 1 rings (SSSR count). The number of carbonyl (C=O) groups excluding carboxylic acids is 2. The van der Waals surface area contributed by atoms with Crippen LogP contribution in [0.25, 0.3) is 0 Å². The number of carbonyl (C=O) groups is 2. The van der Waals surface area contributed by atoms with Crippen LogP contribution in [-0.2, 0) is 4.79 Å². The molecule has 0 aliphatic heterocycles. The Hall–Kier alpha value is -2.64. The van der Waals surface area contributed by atoms with Gasteiger partial charge >= 0.3 is 0 Å². The number of likely N-dealkylation sites (N-methyl/N-ethyl adjacent to an activating group) is 1. The number of hydrogen-bond acceptors (Lipinski definition) is 5. The van der Waals surface area contributed by atoms with Crippen LogP contribution >= 0.6 is 0 Å². The molecule has 0 heterocycles. The van der Waals surface area contributed by atoms with Gasteiger partial charge in [-0.3, -0.25) is 19.7 Å². The van der Waals surface area contributed by atoms with Gasteiger partial charge in [0.2, 0.25) is 5.91 Å². The summed E-state index contributed by atoms with van der Waals surface area (Å²) in [5, 5.41) is 13.3. The van der Waals surface area contributed by atoms with E-state index >= 15 is 0 Å². The van der Waals surface area contributed by atoms with Crippen LogP contribution in [0, 0.1) is 10.1 Å². The molecule has 1 aromatic rings. The zero-order chi connectivity index (χ0) is 16.2. The quantitative estimate of drug-likeness (QED) is 0.629. The summed E-state index contributed by atoms with van der Waals surface area (Å²) in [6.07, 6.45) is 0. The second kappa shape index (κ2) is 6.69. The number of nitrogens with zero attached hydrogens (tertiary/aromatic N) is 3. The summed E-state index contributed by atoms with van der Waals surface area (Å²) in [5.41, 5.74) is 0.515. The van der Waals surface area contributed by atoms with Gasteiger partial charge in [-0.25, -0.2) is 0 Å². The van der Waals surface area contributed by atoms with E-state index in [1.807, 2.05) is 0 Å². The number of anilines is 1. The number of rotatable bonds is 5. The van der Waals surface area contributed by atoms with E-state index in [-0.39, 0.29) is 23.7 Å². The smallest absolute Gasteiger partial charge is 0.270 e. The molecule has 0 saturated carbocycles. The molecular weight excluding hydrogens is 276 g/mol. The van der Waals surface area contributed by atoms with Crippen molar-refractivity contribution in [2.75, 3.05) is 39.6 Å². The van der Waals surface area contributed by atoms with Crippen LogP contribution in [0.2, 0.25) is 0 Å². The first kappa shape index (κ1) is 16.4. The summed E-state index contributed by atoms with van der Waals surface area (Å²) in [4.78, 5) is 36.9. The lowest BCUT2D eigenvalue weighted by Crippen LogP contribution is -2.36. The Bertz CT molecular complexity index is 569. The van der Waals surface area contributed by atoms with Crippen LogP contribution in [0.4, 0.5) is 11.4 Å². The summed E-state index contributed by atoms with van der Waals surface area (Å²) in [6.45, 7) is -0.165. The van der Waals surface area contributed by atoms with E-state index in [9.17, 15) is 19.7 Å². The van der Waals surface area contributed by atoms with Crippen molar-refractivity contribution >= 4 is 23.2 Å². The molecule has 114 valence electrons. The van der Waals surface area contributed by atoms with Crippen LogP contribution in [0.15, 0.2) is 18.2 Å². The van der Waals surface area contributed by atoms with Gasteiger partial charge in [-0.05, 0) is 6.07 Å². The first-order valence-electron chi connectivity index (χ1n) is 6.18. The fraction of sp³-hybridized carbons (Fsp3) is 0.385. The molecule has 0 aliphatic rings. The van der Waals surface area contributed by atoms with Gasteiger partial charge in [0.15, 0.2) is 0 Å². The highest BCUT2D eigenvalue weighted by Gasteiger charge is 2.18. The van der Waals surface area contributed by atoms with Gasteiger partial charge < -0.3 is 15.1 Å². The van der Waals surface area contributed by atoms with Crippen molar-refractivity contribution in [2.45, 2.75) is 0 Å². The molecular formula is C13H18N4O4. The predicted molar refractivity (Wildman–Crippen MR) is 78.5 cm³/mol. The molecule has 0 aliphatic carbocycles. The first-order chi connectivity index (χ1) is 9.73. The fourth-order valence-corrected chi connectivity index (χ4v) is 1.62. The zero-order valence-electron chi connectivity index (χ0n) is 12.4. The number of nitrogens with one attached hydrogen (secondary N) is 1. The highest BCUT2D eigenvalue weighted by Crippen LogP contribution is 2.24. The summed E-state index contributed by atoms with van der Waals surface area (Å²) in [7, 11) is 6.60. The van der Waals surface area contributed by atoms with Gasteiger partial charge in [0.05, 0.1) is 17.0 Å². The van der Waals surface area contributed by atoms with Gasteiger partial charge in [0, 0.05) is 46.0 Å². The number of amides is 2. The van der Waals surface area contributed by atoms with Crippen LogP contribution in [0.5, 0.6) is 0 Å². The highest BCUT2D eigenvalue weighted by atomic mass is 16.6. The Morgan fingerprint density at radius 2 is 1.86 bits per heavy atom. The van der Waals surface area contributed by atoms with Crippen LogP contribution in [0.3, 0.4) is 0 Å². The number of benzene rings is 1. The van der Waals surface area contributed by atoms with E-state index in [4.69, 9.17) is 0 Å². The van der Waals surface area contributed by atoms with Crippen LogP contribution < -0.4 is 10.2 Å². The normalized spacial score (nSPS) is 9.90. The average molecular weight is 294 g/mol. The summed E-state index contributed by atoms with van der Waals surface area (Å²) in [5.74, 6) is -0.794. The fourth-order valence-electron chi connectivity index (χ4n) is 1.62. The third-order valence-corrected chi connectivity index (χ3v) is 2.82. The second-order valence-corrected chi connectivity index (χ2v) is 4.82. The maximum absolute atomic E-state index is 12.1. The van der Waals surface area contributed by atoms with Gasteiger partial charge in [0.25, 0.3) is 11.6 Å². The van der Waals surface area contributed by atoms with Crippen molar-refractivity contribution < 1.29 is 14.5 Å². The monoisotopic (exact) mass is 294 g/mol. The van der Waals surface area contributed by atoms with Gasteiger partial charge in [-0.15, -0.1) is 0 Å². The second-order valence-electron chi connectivity index (χ2n) is 4.82. The van der Waals surface area contributed by atoms with Gasteiger partial charge in [0.1, 0.15) is 0 Å². The van der Waals surface area contributed by atoms with E-state index in [1.165, 1.54) is 23.1 Å². The lowest BCUT2D eigenvalue weighted by molar-refractivity contribution is -0.384. The van der Waals surface area contributed by atoms with Crippen molar-refractivity contribution in [2.24, 2.45) is 0 Å². The molecule has 0 unspecified atom stereocenters. The van der Waals surface area contributed by atoms with E-state index < -0.39 is 10.8 Å². The third-order valence-electron chi connectivity index (χ3n) is 2.82. The molecule has 0 atom stereocenters. The first-order valence-corrected chi connectivity index (χ1v) is 6.18. The summed E-state index contributed by atoms with van der Waals surface area (Å²) >= 11 is 0. The number of nitro groups is 1. The minimum absolute atomic E-state index is 0.153. The SMILES string of the molecule is CN(C)C(=O)CNC(=O)c1cc([N+](=O)[O-])ccc1N(C)C. The Kier molecular flexibility index (Phi) is 5.23. The number of nitro benzene ring substituents is 1.